The molecule has 5 nitrogen and oxygen atoms in total. The number of aromatic nitrogens is 1. The molecule has 1 aromatic heterocycles. The zero-order chi connectivity index (χ0) is 16.4. The monoisotopic (exact) mass is 329 g/mol. The first-order valence-electron chi connectivity index (χ1n) is 9.37. The molecule has 0 aromatic carbocycles. The van der Waals surface area contributed by atoms with E-state index in [1.807, 2.05) is 12.1 Å². The van der Waals surface area contributed by atoms with Crippen LogP contribution in [0.15, 0.2) is 18.3 Å². The molecule has 2 saturated carbocycles. The van der Waals surface area contributed by atoms with Crippen LogP contribution in [0.2, 0.25) is 0 Å². The van der Waals surface area contributed by atoms with Crippen LogP contribution in [0.4, 0.5) is 5.82 Å². The van der Waals surface area contributed by atoms with Crippen LogP contribution in [0, 0.1) is 17.8 Å². The molecule has 2 aliphatic carbocycles. The Balaban J connectivity index is 1.34. The Kier molecular flexibility index (Phi) is 4.69. The highest BCUT2D eigenvalue weighted by molar-refractivity contribution is 5.98. The van der Waals surface area contributed by atoms with E-state index < -0.39 is 0 Å². The lowest BCUT2D eigenvalue weighted by Gasteiger charge is -2.29. The molecule has 5 heteroatoms. The Morgan fingerprint density at radius 3 is 2.92 bits per heavy atom. The lowest BCUT2D eigenvalue weighted by Crippen LogP contribution is -2.38. The number of fused-ring (bicyclic) bond motifs is 2. The summed E-state index contributed by atoms with van der Waals surface area (Å²) in [4.78, 5) is 19.2. The number of nitrogens with one attached hydrogen (secondary N) is 1. The van der Waals surface area contributed by atoms with E-state index in [4.69, 9.17) is 4.74 Å². The molecular weight excluding hydrogens is 302 g/mol. The fourth-order valence-corrected chi connectivity index (χ4v) is 4.80. The number of anilines is 1. The van der Waals surface area contributed by atoms with Crippen molar-refractivity contribution in [1.82, 2.24) is 10.3 Å². The number of hydrogen-bond acceptors (Lipinski definition) is 4. The summed E-state index contributed by atoms with van der Waals surface area (Å²) in [5.74, 6) is 3.53. The van der Waals surface area contributed by atoms with Gasteiger partial charge >= 0.3 is 0 Å². The van der Waals surface area contributed by atoms with Crippen molar-refractivity contribution in [3.8, 4) is 0 Å². The summed E-state index contributed by atoms with van der Waals surface area (Å²) in [6.07, 6.45) is 8.55. The van der Waals surface area contributed by atoms with Crippen LogP contribution in [0.25, 0.3) is 0 Å². The van der Waals surface area contributed by atoms with Gasteiger partial charge in [-0.05, 0) is 55.6 Å². The van der Waals surface area contributed by atoms with Crippen LogP contribution in [-0.2, 0) is 4.74 Å². The first kappa shape index (κ1) is 15.9. The molecule has 0 unspecified atom stereocenters. The third-order valence-electron chi connectivity index (χ3n) is 6.03. The van der Waals surface area contributed by atoms with E-state index in [1.165, 1.54) is 25.7 Å². The molecule has 1 aliphatic heterocycles. The highest BCUT2D eigenvalue weighted by Crippen LogP contribution is 2.49. The third-order valence-corrected chi connectivity index (χ3v) is 6.03. The maximum Gasteiger partial charge on any atom is 0.255 e. The van der Waals surface area contributed by atoms with E-state index in [1.54, 1.807) is 6.20 Å². The van der Waals surface area contributed by atoms with Crippen molar-refractivity contribution in [2.24, 2.45) is 17.8 Å². The van der Waals surface area contributed by atoms with Crippen molar-refractivity contribution in [1.29, 1.82) is 0 Å². The van der Waals surface area contributed by atoms with Gasteiger partial charge in [-0.3, -0.25) is 4.79 Å². The first-order chi connectivity index (χ1) is 11.8. The summed E-state index contributed by atoms with van der Waals surface area (Å²) in [6.45, 7) is 3.76. The Morgan fingerprint density at radius 1 is 1.29 bits per heavy atom. The average molecular weight is 329 g/mol. The molecule has 0 spiro atoms. The van der Waals surface area contributed by atoms with Gasteiger partial charge in [-0.1, -0.05) is 6.42 Å². The summed E-state index contributed by atoms with van der Waals surface area (Å²) in [5, 5.41) is 3.13. The second-order valence-electron chi connectivity index (χ2n) is 7.45. The Morgan fingerprint density at radius 2 is 2.17 bits per heavy atom. The minimum Gasteiger partial charge on any atom is -0.378 e. The van der Waals surface area contributed by atoms with Crippen molar-refractivity contribution in [3.05, 3.63) is 23.9 Å². The smallest absolute Gasteiger partial charge is 0.255 e. The largest absolute Gasteiger partial charge is 0.378 e. The summed E-state index contributed by atoms with van der Waals surface area (Å²) in [6, 6.07) is 3.72. The molecule has 0 radical (unpaired) electrons. The minimum absolute atomic E-state index is 0.00717. The minimum atomic E-state index is 0.00717. The number of pyridine rings is 1. The average Bonchev–Trinajstić information content (AvgIpc) is 3.25. The fraction of sp³-hybridized carbons (Fsp3) is 0.684. The SMILES string of the molecule is O=C(NCC[C@H]1C[C@H]2CC[C@H]1C2)c1cccnc1N1CCOCC1. The van der Waals surface area contributed by atoms with Crippen LogP contribution in [0.3, 0.4) is 0 Å². The van der Waals surface area contributed by atoms with Gasteiger partial charge in [0.1, 0.15) is 5.82 Å². The molecule has 1 aromatic rings. The van der Waals surface area contributed by atoms with E-state index in [0.717, 1.165) is 49.6 Å². The number of amides is 1. The second kappa shape index (κ2) is 7.09. The first-order valence-corrected chi connectivity index (χ1v) is 9.37. The number of ether oxygens (including phenoxy) is 1. The maximum absolute atomic E-state index is 12.6. The van der Waals surface area contributed by atoms with Gasteiger partial charge in [0.25, 0.3) is 5.91 Å². The summed E-state index contributed by atoms with van der Waals surface area (Å²) < 4.78 is 5.40. The molecule has 1 amide bonds. The highest BCUT2D eigenvalue weighted by Gasteiger charge is 2.38. The van der Waals surface area contributed by atoms with E-state index in [-0.39, 0.29) is 5.91 Å². The highest BCUT2D eigenvalue weighted by atomic mass is 16.5. The Labute approximate surface area is 143 Å². The zero-order valence-electron chi connectivity index (χ0n) is 14.2. The fourth-order valence-electron chi connectivity index (χ4n) is 4.80. The standard InChI is InChI=1S/C19H27N3O2/c23-19(21-7-5-16-13-14-3-4-15(16)12-14)17-2-1-6-20-18(17)22-8-10-24-11-9-22/h1-2,6,14-16H,3-5,7-13H2,(H,21,23)/t14-,15-,16-/m0/s1. The van der Waals surface area contributed by atoms with Gasteiger partial charge < -0.3 is 15.0 Å². The van der Waals surface area contributed by atoms with Gasteiger partial charge in [-0.25, -0.2) is 4.98 Å². The molecular formula is C19H27N3O2. The van der Waals surface area contributed by atoms with Crippen molar-refractivity contribution in [3.63, 3.8) is 0 Å². The van der Waals surface area contributed by atoms with E-state index in [2.05, 4.69) is 15.2 Å². The van der Waals surface area contributed by atoms with Crippen LogP contribution in [0.1, 0.15) is 42.5 Å². The van der Waals surface area contributed by atoms with Gasteiger partial charge in [-0.2, -0.15) is 0 Å². The number of nitrogens with zero attached hydrogens (tertiary/aromatic N) is 2. The Hall–Kier alpha value is -1.62. The van der Waals surface area contributed by atoms with Crippen molar-refractivity contribution >= 4 is 11.7 Å². The molecule has 1 saturated heterocycles. The van der Waals surface area contributed by atoms with Crippen LogP contribution >= 0.6 is 0 Å². The lowest BCUT2D eigenvalue weighted by atomic mass is 9.86. The Bertz CT molecular complexity index is 586. The van der Waals surface area contributed by atoms with E-state index in [0.29, 0.717) is 18.8 Å². The van der Waals surface area contributed by atoms with Gasteiger partial charge in [0, 0.05) is 25.8 Å². The van der Waals surface area contributed by atoms with Crippen molar-refractivity contribution < 1.29 is 9.53 Å². The summed E-state index contributed by atoms with van der Waals surface area (Å²) in [5.41, 5.74) is 0.687. The summed E-state index contributed by atoms with van der Waals surface area (Å²) >= 11 is 0. The third kappa shape index (κ3) is 3.27. The van der Waals surface area contributed by atoms with E-state index >= 15 is 0 Å². The molecule has 4 rings (SSSR count). The quantitative estimate of drug-likeness (QED) is 0.902. The molecule has 1 N–H and O–H groups in total. The second-order valence-corrected chi connectivity index (χ2v) is 7.45. The van der Waals surface area contributed by atoms with Crippen LogP contribution < -0.4 is 10.2 Å². The van der Waals surface area contributed by atoms with Crippen LogP contribution in [0.5, 0.6) is 0 Å². The number of carbonyl (C=O) groups is 1. The van der Waals surface area contributed by atoms with Gasteiger partial charge in [0.05, 0.1) is 18.8 Å². The topological polar surface area (TPSA) is 54.5 Å². The summed E-state index contributed by atoms with van der Waals surface area (Å²) in [7, 11) is 0. The number of rotatable bonds is 5. The normalized spacial score (nSPS) is 29.0. The van der Waals surface area contributed by atoms with Gasteiger partial charge in [0.2, 0.25) is 0 Å². The molecule has 3 fully saturated rings. The van der Waals surface area contributed by atoms with Crippen molar-refractivity contribution in [2.45, 2.75) is 32.1 Å². The molecule has 3 atom stereocenters. The predicted molar refractivity (Wildman–Crippen MR) is 93.2 cm³/mol. The van der Waals surface area contributed by atoms with Crippen molar-refractivity contribution in [2.75, 3.05) is 37.7 Å². The lowest BCUT2D eigenvalue weighted by molar-refractivity contribution is 0.0947. The van der Waals surface area contributed by atoms with Gasteiger partial charge in [0.15, 0.2) is 0 Å². The number of carbonyl (C=O) groups excluding carboxylic acids is 1. The van der Waals surface area contributed by atoms with Crippen LogP contribution in [-0.4, -0.2) is 43.7 Å². The number of hydrogen-bond donors (Lipinski definition) is 1. The predicted octanol–water partition coefficient (Wildman–Crippen LogP) is 2.47. The van der Waals surface area contributed by atoms with Gasteiger partial charge in [-0.15, -0.1) is 0 Å². The molecule has 3 aliphatic rings. The van der Waals surface area contributed by atoms with E-state index in [9.17, 15) is 4.79 Å². The zero-order valence-corrected chi connectivity index (χ0v) is 14.2. The molecule has 24 heavy (non-hydrogen) atoms. The number of morpholine rings is 1. The maximum atomic E-state index is 12.6. The molecule has 130 valence electrons. The molecule has 2 heterocycles. The molecule has 2 bridgehead atoms.